The number of nitrogens with zero attached hydrogens (tertiary/aromatic N) is 5. The van der Waals surface area contributed by atoms with Crippen molar-refractivity contribution in [3.05, 3.63) is 72.2 Å². The lowest BCUT2D eigenvalue weighted by atomic mass is 10.00. The number of aliphatic hydroxyl groups is 1. The summed E-state index contributed by atoms with van der Waals surface area (Å²) in [6.45, 7) is 2.94. The molecule has 0 radical (unpaired) electrons. The Morgan fingerprint density at radius 3 is 2.87 bits per heavy atom. The smallest absolute Gasteiger partial charge is 0.161 e. The Labute approximate surface area is 181 Å². The molecule has 2 aromatic heterocycles. The van der Waals surface area contributed by atoms with Gasteiger partial charge in [0.05, 0.1) is 23.5 Å². The Bertz CT molecular complexity index is 1200. The van der Waals surface area contributed by atoms with E-state index in [4.69, 9.17) is 0 Å². The van der Waals surface area contributed by atoms with Crippen LogP contribution in [0.2, 0.25) is 0 Å². The van der Waals surface area contributed by atoms with Crippen LogP contribution in [-0.2, 0) is 20.0 Å². The number of β-amino-alcohol motifs (C(OH)–C–C–N with tert-alkyl or cyclic N) is 1. The van der Waals surface area contributed by atoms with Crippen LogP contribution in [0.25, 0.3) is 22.4 Å². The van der Waals surface area contributed by atoms with Gasteiger partial charge in [-0.2, -0.15) is 0 Å². The lowest BCUT2D eigenvalue weighted by Crippen LogP contribution is -2.39. The Balaban J connectivity index is 1.21. The van der Waals surface area contributed by atoms with E-state index in [0.717, 1.165) is 36.1 Å². The fraction of sp³-hybridized carbons (Fsp3) is 0.292. The van der Waals surface area contributed by atoms with E-state index in [2.05, 4.69) is 49.4 Å². The minimum Gasteiger partial charge on any atom is -0.390 e. The topological polar surface area (TPSA) is 79.1 Å². The molecule has 1 atom stereocenters. The number of aromatic nitrogens is 4. The van der Waals surface area contributed by atoms with E-state index in [-0.39, 0.29) is 0 Å². The van der Waals surface area contributed by atoms with E-state index in [1.807, 2.05) is 35.9 Å². The molecule has 5 rings (SSSR count). The van der Waals surface area contributed by atoms with Gasteiger partial charge in [0.2, 0.25) is 0 Å². The van der Waals surface area contributed by atoms with Gasteiger partial charge in [-0.05, 0) is 41.8 Å². The second-order valence-electron chi connectivity index (χ2n) is 8.11. The zero-order valence-electron chi connectivity index (χ0n) is 17.6. The highest BCUT2D eigenvalue weighted by Gasteiger charge is 2.18. The third kappa shape index (κ3) is 4.28. The predicted octanol–water partition coefficient (Wildman–Crippen LogP) is 2.86. The molecule has 1 aliphatic heterocycles. The average molecular weight is 415 g/mol. The van der Waals surface area contributed by atoms with Crippen LogP contribution < -0.4 is 5.32 Å². The van der Waals surface area contributed by atoms with Gasteiger partial charge >= 0.3 is 0 Å². The highest BCUT2D eigenvalue weighted by atomic mass is 16.3. The summed E-state index contributed by atoms with van der Waals surface area (Å²) in [6.07, 6.45) is 4.10. The molecule has 2 aromatic carbocycles. The van der Waals surface area contributed by atoms with Crippen molar-refractivity contribution in [2.24, 2.45) is 7.05 Å². The number of aliphatic hydroxyl groups excluding tert-OH is 1. The van der Waals surface area contributed by atoms with Gasteiger partial charge in [0.15, 0.2) is 5.82 Å². The maximum absolute atomic E-state index is 10.6. The average Bonchev–Trinajstić information content (AvgIpc) is 3.18. The van der Waals surface area contributed by atoms with Crippen LogP contribution in [0.5, 0.6) is 0 Å². The molecule has 0 spiro atoms. The summed E-state index contributed by atoms with van der Waals surface area (Å²) in [4.78, 5) is 15.7. The number of rotatable bonds is 6. The van der Waals surface area contributed by atoms with Crippen LogP contribution in [0.15, 0.2) is 61.1 Å². The number of hydrogen-bond donors (Lipinski definition) is 2. The third-order valence-corrected chi connectivity index (χ3v) is 5.84. The van der Waals surface area contributed by atoms with E-state index >= 15 is 0 Å². The molecule has 2 N–H and O–H groups in total. The summed E-state index contributed by atoms with van der Waals surface area (Å²) in [6, 6.07) is 16.4. The number of aryl methyl sites for hydroxylation is 1. The largest absolute Gasteiger partial charge is 0.390 e. The quantitative estimate of drug-likeness (QED) is 0.505. The Hall–Kier alpha value is -3.29. The number of anilines is 1. The number of fused-ring (bicyclic) bond motifs is 2. The van der Waals surface area contributed by atoms with Gasteiger partial charge in [0.1, 0.15) is 5.82 Å². The maximum atomic E-state index is 10.6. The fourth-order valence-corrected chi connectivity index (χ4v) is 4.16. The van der Waals surface area contributed by atoms with Crippen molar-refractivity contribution in [1.82, 2.24) is 24.4 Å². The highest BCUT2D eigenvalue weighted by molar-refractivity contribution is 5.80. The minimum atomic E-state index is -0.477. The first-order chi connectivity index (χ1) is 15.2. The molecule has 0 fully saturated rings. The van der Waals surface area contributed by atoms with Crippen LogP contribution in [-0.4, -0.2) is 55.3 Å². The molecule has 0 saturated heterocycles. The van der Waals surface area contributed by atoms with Crippen LogP contribution in [0.1, 0.15) is 11.1 Å². The Morgan fingerprint density at radius 1 is 1.10 bits per heavy atom. The second-order valence-corrected chi connectivity index (χ2v) is 8.11. The molecular formula is C24H26N6O. The van der Waals surface area contributed by atoms with E-state index in [0.29, 0.717) is 24.7 Å². The molecule has 0 aliphatic carbocycles. The van der Waals surface area contributed by atoms with Crippen molar-refractivity contribution < 1.29 is 5.11 Å². The van der Waals surface area contributed by atoms with Crippen molar-refractivity contribution >= 4 is 16.9 Å². The first-order valence-electron chi connectivity index (χ1n) is 10.6. The molecule has 4 aromatic rings. The molecule has 1 aliphatic rings. The minimum absolute atomic E-state index is 0.440. The standard InChI is InChI=1S/C24H26N6O/c1-29-16-27-21-7-6-18(12-22(21)29)24-25-10-8-23(28-24)26-13-20(31)15-30-11-9-17-4-2-3-5-19(17)14-30/h2-8,10,12,16,20,31H,9,11,13-15H2,1H3,(H,25,26,28). The summed E-state index contributed by atoms with van der Waals surface area (Å²) < 4.78 is 1.98. The fourth-order valence-electron chi connectivity index (χ4n) is 4.16. The lowest BCUT2D eigenvalue weighted by Gasteiger charge is -2.30. The van der Waals surface area contributed by atoms with Gasteiger partial charge in [-0.3, -0.25) is 4.90 Å². The van der Waals surface area contributed by atoms with Gasteiger partial charge in [-0.15, -0.1) is 0 Å². The summed E-state index contributed by atoms with van der Waals surface area (Å²) in [7, 11) is 1.97. The number of imidazole rings is 1. The molecule has 0 amide bonds. The summed E-state index contributed by atoms with van der Waals surface area (Å²) in [5.74, 6) is 1.35. The molecule has 7 heteroatoms. The molecule has 7 nitrogen and oxygen atoms in total. The number of benzene rings is 2. The van der Waals surface area contributed by atoms with Crippen molar-refractivity contribution in [1.29, 1.82) is 0 Å². The van der Waals surface area contributed by atoms with Gasteiger partial charge in [-0.1, -0.05) is 24.3 Å². The van der Waals surface area contributed by atoms with Crippen LogP contribution in [0, 0.1) is 0 Å². The predicted molar refractivity (Wildman–Crippen MR) is 122 cm³/mol. The summed E-state index contributed by atoms with van der Waals surface area (Å²) in [5, 5.41) is 13.8. The van der Waals surface area contributed by atoms with Crippen molar-refractivity contribution in [2.75, 3.05) is 25.0 Å². The molecular weight excluding hydrogens is 388 g/mol. The van der Waals surface area contributed by atoms with E-state index in [1.54, 1.807) is 12.5 Å². The Kier molecular flexibility index (Phi) is 5.36. The first-order valence-corrected chi connectivity index (χ1v) is 10.6. The normalized spacial score (nSPS) is 15.0. The molecule has 0 bridgehead atoms. The SMILES string of the molecule is Cn1cnc2ccc(-c3nccc(NCC(O)CN4CCc5ccccc5C4)n3)cc21. The number of hydrogen-bond acceptors (Lipinski definition) is 6. The van der Waals surface area contributed by atoms with Gasteiger partial charge < -0.3 is 15.0 Å². The molecule has 158 valence electrons. The van der Waals surface area contributed by atoms with Crippen LogP contribution in [0.3, 0.4) is 0 Å². The summed E-state index contributed by atoms with van der Waals surface area (Å²) in [5.41, 5.74) is 5.71. The van der Waals surface area contributed by atoms with Crippen LogP contribution in [0.4, 0.5) is 5.82 Å². The number of nitrogens with one attached hydrogen (secondary N) is 1. The van der Waals surface area contributed by atoms with Crippen molar-refractivity contribution in [2.45, 2.75) is 19.1 Å². The van der Waals surface area contributed by atoms with Crippen molar-refractivity contribution in [3.8, 4) is 11.4 Å². The van der Waals surface area contributed by atoms with Gasteiger partial charge in [0.25, 0.3) is 0 Å². The second kappa shape index (κ2) is 8.45. The van der Waals surface area contributed by atoms with Gasteiger partial charge in [-0.25, -0.2) is 15.0 Å². The Morgan fingerprint density at radius 2 is 1.97 bits per heavy atom. The zero-order valence-corrected chi connectivity index (χ0v) is 17.6. The lowest BCUT2D eigenvalue weighted by molar-refractivity contribution is 0.114. The molecule has 0 saturated carbocycles. The third-order valence-electron chi connectivity index (χ3n) is 5.84. The zero-order chi connectivity index (χ0) is 21.2. The van der Waals surface area contributed by atoms with E-state index in [1.165, 1.54) is 11.1 Å². The maximum Gasteiger partial charge on any atom is 0.161 e. The highest BCUT2D eigenvalue weighted by Crippen LogP contribution is 2.22. The van der Waals surface area contributed by atoms with Crippen LogP contribution >= 0.6 is 0 Å². The molecule has 31 heavy (non-hydrogen) atoms. The molecule has 1 unspecified atom stereocenters. The monoisotopic (exact) mass is 414 g/mol. The van der Waals surface area contributed by atoms with Gasteiger partial charge in [0, 0.05) is 45.0 Å². The van der Waals surface area contributed by atoms with Crippen molar-refractivity contribution in [3.63, 3.8) is 0 Å². The van der Waals surface area contributed by atoms with E-state index < -0.39 is 6.10 Å². The molecule has 3 heterocycles. The van der Waals surface area contributed by atoms with E-state index in [9.17, 15) is 5.11 Å². The summed E-state index contributed by atoms with van der Waals surface area (Å²) >= 11 is 0. The first kappa shape index (κ1) is 19.7.